The zero-order valence-corrected chi connectivity index (χ0v) is 9.98. The smallest absolute Gasteiger partial charge is 0.0584 e. The summed E-state index contributed by atoms with van der Waals surface area (Å²) in [7, 11) is 0. The number of hydrogen-bond donors (Lipinski definition) is 2. The average molecular weight is 217 g/mol. The maximum absolute atomic E-state index is 9.15. The van der Waals surface area contributed by atoms with Gasteiger partial charge in [0.2, 0.25) is 0 Å². The number of aliphatic hydroxyl groups is 1. The van der Waals surface area contributed by atoms with Gasteiger partial charge in [0.05, 0.1) is 6.61 Å². The van der Waals surface area contributed by atoms with E-state index in [0.717, 1.165) is 24.6 Å². The van der Waals surface area contributed by atoms with Crippen molar-refractivity contribution >= 4 is 11.8 Å². The average Bonchev–Trinajstić information content (AvgIpc) is 2.71. The molecule has 0 radical (unpaired) electrons. The molecule has 0 aromatic rings. The van der Waals surface area contributed by atoms with Crippen molar-refractivity contribution in [2.24, 2.45) is 5.92 Å². The summed E-state index contributed by atoms with van der Waals surface area (Å²) in [6.45, 7) is 1.40. The summed E-state index contributed by atoms with van der Waals surface area (Å²) in [6, 6.07) is 0.322. The molecule has 2 N–H and O–H groups in total. The lowest BCUT2D eigenvalue weighted by Gasteiger charge is -2.18. The molecule has 1 aliphatic rings. The normalized spacial score (nSPS) is 20.1. The Bertz CT molecular complexity index is 137. The Morgan fingerprint density at radius 3 is 2.71 bits per heavy atom. The van der Waals surface area contributed by atoms with Crippen molar-refractivity contribution in [2.45, 2.75) is 38.1 Å². The van der Waals surface area contributed by atoms with E-state index in [1.54, 1.807) is 0 Å². The lowest BCUT2D eigenvalue weighted by molar-refractivity contribution is 0.234. The summed E-state index contributed by atoms with van der Waals surface area (Å²) < 4.78 is 0. The van der Waals surface area contributed by atoms with E-state index >= 15 is 0 Å². The van der Waals surface area contributed by atoms with Crippen LogP contribution < -0.4 is 5.32 Å². The molecule has 1 fully saturated rings. The van der Waals surface area contributed by atoms with Crippen LogP contribution in [-0.4, -0.2) is 36.3 Å². The molecule has 1 aliphatic carbocycles. The molecule has 0 aliphatic heterocycles. The lowest BCUT2D eigenvalue weighted by atomic mass is 10.1. The molecule has 0 spiro atoms. The second-order valence-corrected chi connectivity index (χ2v) is 5.21. The summed E-state index contributed by atoms with van der Waals surface area (Å²) >= 11 is 1.85. The number of aliphatic hydroxyl groups excluding tert-OH is 1. The third-order valence-electron chi connectivity index (χ3n) is 3.06. The third kappa shape index (κ3) is 4.67. The number of rotatable bonds is 7. The van der Waals surface area contributed by atoms with Crippen LogP contribution in [0.15, 0.2) is 0 Å². The van der Waals surface area contributed by atoms with E-state index in [0.29, 0.717) is 6.04 Å². The topological polar surface area (TPSA) is 32.3 Å². The van der Waals surface area contributed by atoms with E-state index in [9.17, 15) is 0 Å². The van der Waals surface area contributed by atoms with Crippen LogP contribution >= 0.6 is 11.8 Å². The molecule has 0 heterocycles. The molecule has 14 heavy (non-hydrogen) atoms. The Morgan fingerprint density at radius 1 is 1.43 bits per heavy atom. The quantitative estimate of drug-likeness (QED) is 0.683. The van der Waals surface area contributed by atoms with Gasteiger partial charge < -0.3 is 10.4 Å². The highest BCUT2D eigenvalue weighted by atomic mass is 32.2. The van der Waals surface area contributed by atoms with Gasteiger partial charge >= 0.3 is 0 Å². The van der Waals surface area contributed by atoms with Crippen molar-refractivity contribution in [3.05, 3.63) is 0 Å². The van der Waals surface area contributed by atoms with E-state index in [1.165, 1.54) is 25.7 Å². The van der Waals surface area contributed by atoms with Crippen LogP contribution in [0.1, 0.15) is 32.1 Å². The minimum absolute atomic E-state index is 0.285. The SMILES string of the molecule is CSCCC(CO)NCC1CCCC1. The predicted octanol–water partition coefficient (Wildman–Crippen LogP) is 1.88. The second-order valence-electron chi connectivity index (χ2n) is 4.22. The van der Waals surface area contributed by atoms with Crippen molar-refractivity contribution in [1.29, 1.82) is 0 Å². The highest BCUT2D eigenvalue weighted by molar-refractivity contribution is 7.98. The van der Waals surface area contributed by atoms with E-state index in [4.69, 9.17) is 5.11 Å². The van der Waals surface area contributed by atoms with Crippen LogP contribution in [0.5, 0.6) is 0 Å². The van der Waals surface area contributed by atoms with Crippen LogP contribution in [0.25, 0.3) is 0 Å². The van der Waals surface area contributed by atoms with E-state index in [-0.39, 0.29) is 6.61 Å². The summed E-state index contributed by atoms with van der Waals surface area (Å²) in [5.74, 6) is 2.02. The van der Waals surface area contributed by atoms with Gasteiger partial charge in [-0.25, -0.2) is 0 Å². The Kier molecular flexibility index (Phi) is 6.65. The fourth-order valence-electron chi connectivity index (χ4n) is 2.07. The van der Waals surface area contributed by atoms with Crippen molar-refractivity contribution in [1.82, 2.24) is 5.32 Å². The van der Waals surface area contributed by atoms with Crippen LogP contribution in [-0.2, 0) is 0 Å². The maximum Gasteiger partial charge on any atom is 0.0584 e. The molecule has 84 valence electrons. The molecule has 1 rings (SSSR count). The molecular formula is C11H23NOS. The van der Waals surface area contributed by atoms with Crippen LogP contribution in [0.4, 0.5) is 0 Å². The summed E-state index contributed by atoms with van der Waals surface area (Å²) in [6.07, 6.45) is 8.78. The summed E-state index contributed by atoms with van der Waals surface area (Å²) in [5, 5.41) is 12.6. The van der Waals surface area contributed by atoms with Gasteiger partial charge in [0.15, 0.2) is 0 Å². The van der Waals surface area contributed by atoms with Crippen LogP contribution in [0.2, 0.25) is 0 Å². The van der Waals surface area contributed by atoms with Crippen LogP contribution in [0.3, 0.4) is 0 Å². The second kappa shape index (κ2) is 7.55. The van der Waals surface area contributed by atoms with Gasteiger partial charge in [0.25, 0.3) is 0 Å². The van der Waals surface area contributed by atoms with Gasteiger partial charge in [-0.1, -0.05) is 12.8 Å². The fraction of sp³-hybridized carbons (Fsp3) is 1.00. The molecule has 1 atom stereocenters. The number of nitrogens with one attached hydrogen (secondary N) is 1. The van der Waals surface area contributed by atoms with Crippen LogP contribution in [0, 0.1) is 5.92 Å². The van der Waals surface area contributed by atoms with Gasteiger partial charge in [-0.2, -0.15) is 11.8 Å². The highest BCUT2D eigenvalue weighted by Crippen LogP contribution is 2.23. The van der Waals surface area contributed by atoms with Crippen molar-refractivity contribution < 1.29 is 5.11 Å². The minimum Gasteiger partial charge on any atom is -0.395 e. The standard InChI is InChI=1S/C11H23NOS/c1-14-7-6-11(9-13)12-8-10-4-2-3-5-10/h10-13H,2-9H2,1H3. The Hall–Kier alpha value is 0.270. The minimum atomic E-state index is 0.285. The molecule has 1 saturated carbocycles. The molecule has 0 aromatic heterocycles. The van der Waals surface area contributed by atoms with Crippen molar-refractivity contribution in [3.63, 3.8) is 0 Å². The fourth-order valence-corrected chi connectivity index (χ4v) is 2.59. The van der Waals surface area contributed by atoms with Crippen molar-refractivity contribution in [3.8, 4) is 0 Å². The zero-order chi connectivity index (χ0) is 10.2. The Morgan fingerprint density at radius 2 is 2.14 bits per heavy atom. The van der Waals surface area contributed by atoms with Gasteiger partial charge in [-0.3, -0.25) is 0 Å². The first-order chi connectivity index (χ1) is 6.86. The Balaban J connectivity index is 2.06. The van der Waals surface area contributed by atoms with E-state index < -0.39 is 0 Å². The van der Waals surface area contributed by atoms with Gasteiger partial charge in [0.1, 0.15) is 0 Å². The first kappa shape index (κ1) is 12.3. The molecule has 0 saturated heterocycles. The zero-order valence-electron chi connectivity index (χ0n) is 9.17. The maximum atomic E-state index is 9.15. The molecule has 3 heteroatoms. The molecule has 0 bridgehead atoms. The predicted molar refractivity (Wildman–Crippen MR) is 63.8 cm³/mol. The van der Waals surface area contributed by atoms with E-state index in [2.05, 4.69) is 11.6 Å². The molecule has 0 amide bonds. The van der Waals surface area contributed by atoms with Gasteiger partial charge in [-0.05, 0) is 43.7 Å². The molecule has 0 aromatic carbocycles. The third-order valence-corrected chi connectivity index (χ3v) is 3.70. The first-order valence-corrected chi connectivity index (χ1v) is 7.09. The Labute approximate surface area is 91.9 Å². The first-order valence-electron chi connectivity index (χ1n) is 5.70. The van der Waals surface area contributed by atoms with Gasteiger partial charge in [-0.15, -0.1) is 0 Å². The number of hydrogen-bond acceptors (Lipinski definition) is 3. The van der Waals surface area contributed by atoms with E-state index in [1.807, 2.05) is 11.8 Å². The number of thioether (sulfide) groups is 1. The summed E-state index contributed by atoms with van der Waals surface area (Å²) in [4.78, 5) is 0. The molecule has 1 unspecified atom stereocenters. The molecule has 2 nitrogen and oxygen atoms in total. The highest BCUT2D eigenvalue weighted by Gasteiger charge is 2.16. The lowest BCUT2D eigenvalue weighted by Crippen LogP contribution is -2.36. The van der Waals surface area contributed by atoms with Gasteiger partial charge in [0, 0.05) is 6.04 Å². The molecular weight excluding hydrogens is 194 g/mol. The monoisotopic (exact) mass is 217 g/mol. The summed E-state index contributed by atoms with van der Waals surface area (Å²) in [5.41, 5.74) is 0. The largest absolute Gasteiger partial charge is 0.395 e. The van der Waals surface area contributed by atoms with Crippen molar-refractivity contribution in [2.75, 3.05) is 25.2 Å².